The van der Waals surface area contributed by atoms with E-state index in [1.165, 1.54) is 0 Å². The number of hydrogen-bond donors (Lipinski definition) is 3. The summed E-state index contributed by atoms with van der Waals surface area (Å²) in [6.45, 7) is 1.66. The third-order valence-corrected chi connectivity index (χ3v) is 5.69. The minimum Gasteiger partial charge on any atom is -0.445 e. The number of nitrogens with one attached hydrogen (secondary N) is 2. The fourth-order valence-electron chi connectivity index (χ4n) is 3.59. The van der Waals surface area contributed by atoms with E-state index < -0.39 is 18.0 Å². The number of Topliss-reactive ketones (excluding diaryl/α,β-unsaturated/α-hetero) is 1. The van der Waals surface area contributed by atoms with Gasteiger partial charge in [-0.2, -0.15) is 0 Å². The molecule has 0 heterocycles. The number of nitrogens with zero attached hydrogens (tertiary/aromatic N) is 3. The van der Waals surface area contributed by atoms with Crippen molar-refractivity contribution in [3.05, 3.63) is 76.2 Å². The number of azide groups is 1. The third kappa shape index (κ3) is 15.1. The van der Waals surface area contributed by atoms with Crippen molar-refractivity contribution in [2.75, 3.05) is 33.0 Å². The second-order valence-corrected chi connectivity index (χ2v) is 8.94. The topological polar surface area (TPSA) is 195 Å². The first-order valence-corrected chi connectivity index (χ1v) is 13.2. The Labute approximate surface area is 238 Å². The summed E-state index contributed by atoms with van der Waals surface area (Å²) in [5, 5.41) is 8.77. The molecule has 4 N–H and O–H groups in total. The van der Waals surface area contributed by atoms with Crippen molar-refractivity contribution in [3.8, 4) is 0 Å². The van der Waals surface area contributed by atoms with Crippen LogP contribution in [0, 0.1) is 0 Å². The Morgan fingerprint density at radius 1 is 0.902 bits per heavy atom. The first-order chi connectivity index (χ1) is 19.9. The summed E-state index contributed by atoms with van der Waals surface area (Å²) < 4.78 is 16.1. The summed E-state index contributed by atoms with van der Waals surface area (Å²) in [5.41, 5.74) is 15.7. The predicted octanol–water partition coefficient (Wildman–Crippen LogP) is 3.23. The highest BCUT2D eigenvalue weighted by Crippen LogP contribution is 2.13. The summed E-state index contributed by atoms with van der Waals surface area (Å²) in [4.78, 5) is 50.7. The molecule has 0 aliphatic carbocycles. The SMILES string of the molecule is [N-]=[N+]=Nc1ccc(CC(=O)NCCOCCOCCCC(=O)C(CCC(N)=O)NC(=O)OCc2ccccc2)cc1. The van der Waals surface area contributed by atoms with E-state index in [0.29, 0.717) is 45.1 Å². The predicted molar refractivity (Wildman–Crippen MR) is 150 cm³/mol. The number of primary amides is 1. The van der Waals surface area contributed by atoms with Crippen LogP contribution in [0.1, 0.15) is 36.8 Å². The van der Waals surface area contributed by atoms with Gasteiger partial charge in [0.25, 0.3) is 0 Å². The number of ether oxygens (including phenoxy) is 3. The second kappa shape index (κ2) is 19.6. The number of nitrogens with two attached hydrogens (primary N) is 1. The van der Waals surface area contributed by atoms with Gasteiger partial charge in [-0.15, -0.1) is 0 Å². The highest BCUT2D eigenvalue weighted by molar-refractivity contribution is 5.88. The number of carbonyl (C=O) groups is 4. The number of benzene rings is 2. The van der Waals surface area contributed by atoms with Crippen molar-refractivity contribution in [1.82, 2.24) is 10.6 Å². The normalized spacial score (nSPS) is 11.1. The Morgan fingerprint density at radius 2 is 1.61 bits per heavy atom. The van der Waals surface area contributed by atoms with Crippen molar-refractivity contribution in [2.45, 2.75) is 44.8 Å². The number of ketones is 1. The Bertz CT molecular complexity index is 1150. The van der Waals surface area contributed by atoms with Crippen LogP contribution in [0.25, 0.3) is 10.4 Å². The maximum Gasteiger partial charge on any atom is 0.408 e. The smallest absolute Gasteiger partial charge is 0.408 e. The molecule has 2 aromatic rings. The molecule has 0 bridgehead atoms. The van der Waals surface area contributed by atoms with Crippen molar-refractivity contribution in [3.63, 3.8) is 0 Å². The zero-order valence-electron chi connectivity index (χ0n) is 22.8. The molecule has 0 fully saturated rings. The van der Waals surface area contributed by atoms with Crippen LogP contribution in [-0.2, 0) is 41.6 Å². The van der Waals surface area contributed by atoms with E-state index >= 15 is 0 Å². The van der Waals surface area contributed by atoms with Crippen LogP contribution in [0.5, 0.6) is 0 Å². The minimum atomic E-state index is -0.888. The molecule has 41 heavy (non-hydrogen) atoms. The number of alkyl carbamates (subject to hydrolysis) is 1. The standard InChI is InChI=1S/C28H36N6O7/c29-26(36)13-12-24(32-28(38)41-20-22-5-2-1-3-6-22)25(35)7-4-15-39-17-18-40-16-14-31-27(37)19-21-8-10-23(11-9-21)33-34-30/h1-3,5-6,8-11,24H,4,7,12-20H2,(H2,29,36)(H,31,37)(H,32,38). The van der Waals surface area contributed by atoms with Crippen LogP contribution >= 0.6 is 0 Å². The molecule has 13 heteroatoms. The molecule has 220 valence electrons. The number of rotatable bonds is 20. The minimum absolute atomic E-state index is 0.0460. The lowest BCUT2D eigenvalue weighted by Gasteiger charge is -2.17. The summed E-state index contributed by atoms with van der Waals surface area (Å²) in [5.74, 6) is -0.965. The van der Waals surface area contributed by atoms with E-state index in [0.717, 1.165) is 11.1 Å². The van der Waals surface area contributed by atoms with Gasteiger partial charge in [0.2, 0.25) is 11.8 Å². The van der Waals surface area contributed by atoms with E-state index in [-0.39, 0.29) is 44.0 Å². The Balaban J connectivity index is 1.54. The van der Waals surface area contributed by atoms with E-state index in [1.54, 1.807) is 24.3 Å². The highest BCUT2D eigenvalue weighted by Gasteiger charge is 2.21. The average molecular weight is 569 g/mol. The molecule has 1 atom stereocenters. The third-order valence-electron chi connectivity index (χ3n) is 5.69. The maximum absolute atomic E-state index is 12.6. The second-order valence-electron chi connectivity index (χ2n) is 8.94. The Hall–Kier alpha value is -4.45. The van der Waals surface area contributed by atoms with E-state index in [9.17, 15) is 19.2 Å². The lowest BCUT2D eigenvalue weighted by molar-refractivity contribution is -0.122. The van der Waals surface area contributed by atoms with Crippen LogP contribution < -0.4 is 16.4 Å². The van der Waals surface area contributed by atoms with Crippen molar-refractivity contribution in [2.24, 2.45) is 10.8 Å². The molecule has 13 nitrogen and oxygen atoms in total. The van der Waals surface area contributed by atoms with Gasteiger partial charge in [-0.05, 0) is 29.5 Å². The van der Waals surface area contributed by atoms with Gasteiger partial charge in [-0.3, -0.25) is 14.4 Å². The molecule has 0 radical (unpaired) electrons. The van der Waals surface area contributed by atoms with Gasteiger partial charge in [0, 0.05) is 36.6 Å². The zero-order valence-corrected chi connectivity index (χ0v) is 22.8. The van der Waals surface area contributed by atoms with Crippen LogP contribution in [0.2, 0.25) is 0 Å². The summed E-state index contributed by atoms with van der Waals surface area (Å²) in [6, 6.07) is 15.0. The van der Waals surface area contributed by atoms with E-state index in [1.807, 2.05) is 30.3 Å². The van der Waals surface area contributed by atoms with Gasteiger partial charge >= 0.3 is 6.09 Å². The molecule has 1 unspecified atom stereocenters. The zero-order chi connectivity index (χ0) is 29.7. The van der Waals surface area contributed by atoms with Crippen LogP contribution in [0.4, 0.5) is 10.5 Å². The van der Waals surface area contributed by atoms with Crippen molar-refractivity contribution < 1.29 is 33.4 Å². The molecule has 2 aromatic carbocycles. The first kappa shape index (κ1) is 32.8. The molecule has 0 aliphatic rings. The molecule has 0 saturated heterocycles. The quantitative estimate of drug-likeness (QED) is 0.0943. The Morgan fingerprint density at radius 3 is 2.29 bits per heavy atom. The lowest BCUT2D eigenvalue weighted by Crippen LogP contribution is -2.41. The highest BCUT2D eigenvalue weighted by atomic mass is 16.5. The maximum atomic E-state index is 12.6. The van der Waals surface area contributed by atoms with Gasteiger partial charge in [0.1, 0.15) is 6.61 Å². The van der Waals surface area contributed by atoms with Gasteiger partial charge in [0.15, 0.2) is 5.78 Å². The average Bonchev–Trinajstić information content (AvgIpc) is 2.96. The fourth-order valence-corrected chi connectivity index (χ4v) is 3.59. The van der Waals surface area contributed by atoms with Crippen molar-refractivity contribution >= 4 is 29.4 Å². The van der Waals surface area contributed by atoms with E-state index in [4.69, 9.17) is 25.5 Å². The van der Waals surface area contributed by atoms with Gasteiger partial charge in [0.05, 0.1) is 32.3 Å². The number of hydrogen-bond acceptors (Lipinski definition) is 8. The molecule has 2 rings (SSSR count). The van der Waals surface area contributed by atoms with Gasteiger partial charge < -0.3 is 30.6 Å². The number of amides is 3. The van der Waals surface area contributed by atoms with Crippen LogP contribution in [-0.4, -0.2) is 62.7 Å². The first-order valence-electron chi connectivity index (χ1n) is 13.2. The lowest BCUT2D eigenvalue weighted by atomic mass is 10.0. The molecular formula is C28H36N6O7. The summed E-state index contributed by atoms with van der Waals surface area (Å²) in [6.07, 6.45) is 0.0589. The molecular weight excluding hydrogens is 532 g/mol. The van der Waals surface area contributed by atoms with Gasteiger partial charge in [-0.25, -0.2) is 4.79 Å². The fraction of sp³-hybridized carbons (Fsp3) is 0.429. The van der Waals surface area contributed by atoms with Crippen molar-refractivity contribution in [1.29, 1.82) is 0 Å². The summed E-state index contributed by atoms with van der Waals surface area (Å²) >= 11 is 0. The molecule has 0 aromatic heterocycles. The number of carbonyl (C=O) groups excluding carboxylic acids is 4. The molecule has 3 amide bonds. The monoisotopic (exact) mass is 568 g/mol. The molecule has 0 aliphatic heterocycles. The molecule has 0 spiro atoms. The van der Waals surface area contributed by atoms with E-state index in [2.05, 4.69) is 20.7 Å². The van der Waals surface area contributed by atoms with Gasteiger partial charge in [-0.1, -0.05) is 59.7 Å². The summed E-state index contributed by atoms with van der Waals surface area (Å²) in [7, 11) is 0. The largest absolute Gasteiger partial charge is 0.445 e. The molecule has 0 saturated carbocycles. The van der Waals surface area contributed by atoms with Crippen LogP contribution in [0.3, 0.4) is 0 Å². The Kier molecular flexibility index (Phi) is 15.6. The van der Waals surface area contributed by atoms with Crippen LogP contribution in [0.15, 0.2) is 59.7 Å².